The maximum atomic E-state index is 16.7. The fourth-order valence-corrected chi connectivity index (χ4v) is 8.76. The number of fused-ring (bicyclic) bond motifs is 15. The fourth-order valence-electron chi connectivity index (χ4n) is 8.76. The summed E-state index contributed by atoms with van der Waals surface area (Å²) in [5.41, 5.74) is 13.0. The van der Waals surface area contributed by atoms with Gasteiger partial charge in [0.25, 0.3) is 0 Å². The van der Waals surface area contributed by atoms with E-state index >= 15 is 4.39 Å². The lowest BCUT2D eigenvalue weighted by Gasteiger charge is -2.22. The van der Waals surface area contributed by atoms with Crippen LogP contribution in [-0.4, -0.2) is 23.9 Å². The third-order valence-corrected chi connectivity index (χ3v) is 10.9. The molecule has 6 aromatic carbocycles. The predicted molar refractivity (Wildman–Crippen MR) is 201 cm³/mol. The standard InChI is InChI=1S/C44H28FN5/c1-44(2)33-14-8-6-12-28(33)30-17-19-37-40(41(30)44)32-20-25(16-18-36(32)49(37)27-10-4-3-5-11-27)26-21-31-29-13-7-9-15-35(29)50-38-23-46-24-47-42(38)48-43(50)39(31)34(45)22-26/h3-24H,1-2H3. The van der Waals surface area contributed by atoms with E-state index in [9.17, 15) is 0 Å². The third-order valence-electron chi connectivity index (χ3n) is 10.9. The minimum absolute atomic E-state index is 0.200. The van der Waals surface area contributed by atoms with Crippen LogP contribution in [0.1, 0.15) is 25.0 Å². The first kappa shape index (κ1) is 27.5. The molecule has 10 aromatic rings. The Bertz CT molecular complexity index is 3080. The van der Waals surface area contributed by atoms with Gasteiger partial charge in [0, 0.05) is 27.3 Å². The van der Waals surface area contributed by atoms with Crippen molar-refractivity contribution >= 4 is 60.3 Å². The number of para-hydroxylation sites is 2. The molecule has 0 unspecified atom stereocenters. The van der Waals surface area contributed by atoms with Crippen LogP contribution >= 0.6 is 0 Å². The second-order valence-electron chi connectivity index (χ2n) is 13.9. The molecule has 11 rings (SSSR count). The van der Waals surface area contributed by atoms with Gasteiger partial charge in [-0.05, 0) is 87.3 Å². The van der Waals surface area contributed by atoms with Gasteiger partial charge in [0.2, 0.25) is 0 Å². The predicted octanol–water partition coefficient (Wildman–Crippen LogP) is 10.8. The van der Waals surface area contributed by atoms with Gasteiger partial charge in [-0.15, -0.1) is 0 Å². The molecular formula is C44H28FN5. The molecular weight excluding hydrogens is 618 g/mol. The highest BCUT2D eigenvalue weighted by molar-refractivity contribution is 6.17. The van der Waals surface area contributed by atoms with Gasteiger partial charge in [-0.1, -0.05) is 86.6 Å². The van der Waals surface area contributed by atoms with Gasteiger partial charge in [-0.25, -0.2) is 19.3 Å². The van der Waals surface area contributed by atoms with E-state index < -0.39 is 0 Å². The van der Waals surface area contributed by atoms with Gasteiger partial charge in [0.1, 0.15) is 17.7 Å². The van der Waals surface area contributed by atoms with Crippen LogP contribution in [0.15, 0.2) is 134 Å². The number of nitrogens with zero attached hydrogens (tertiary/aromatic N) is 5. The van der Waals surface area contributed by atoms with Crippen molar-refractivity contribution < 1.29 is 4.39 Å². The Morgan fingerprint density at radius 1 is 0.620 bits per heavy atom. The molecule has 1 aliphatic rings. The molecule has 0 atom stereocenters. The van der Waals surface area contributed by atoms with Crippen molar-refractivity contribution in [1.82, 2.24) is 23.9 Å². The zero-order valence-electron chi connectivity index (χ0n) is 27.3. The largest absolute Gasteiger partial charge is 0.309 e. The summed E-state index contributed by atoms with van der Waals surface area (Å²) in [7, 11) is 0. The first-order valence-electron chi connectivity index (χ1n) is 16.9. The third kappa shape index (κ3) is 3.47. The number of aromatic nitrogens is 5. The summed E-state index contributed by atoms with van der Waals surface area (Å²) in [5.74, 6) is -0.319. The molecule has 6 heteroatoms. The average molecular weight is 646 g/mol. The molecule has 0 bridgehead atoms. The lowest BCUT2D eigenvalue weighted by atomic mass is 9.80. The molecule has 0 fully saturated rings. The Labute approximate surface area is 285 Å². The van der Waals surface area contributed by atoms with E-state index in [2.05, 4.69) is 125 Å². The SMILES string of the molecule is CC1(C)c2ccccc2-c2ccc3c(c21)c1cc(-c2cc(F)c4c(c2)c2ccccc2n2c5cncnc5nc42)ccc1n3-c1ccccc1. The van der Waals surface area contributed by atoms with E-state index in [0.29, 0.717) is 16.7 Å². The maximum absolute atomic E-state index is 16.7. The molecule has 4 aromatic heterocycles. The topological polar surface area (TPSA) is 48.0 Å². The van der Waals surface area contributed by atoms with Crippen molar-refractivity contribution in [2.24, 2.45) is 0 Å². The van der Waals surface area contributed by atoms with Crippen molar-refractivity contribution in [3.63, 3.8) is 0 Å². The van der Waals surface area contributed by atoms with E-state index in [0.717, 1.165) is 55.0 Å². The number of imidazole rings is 1. The van der Waals surface area contributed by atoms with Gasteiger partial charge < -0.3 is 4.57 Å². The second kappa shape index (κ2) is 9.61. The molecule has 5 nitrogen and oxygen atoms in total. The molecule has 0 spiro atoms. The molecule has 0 saturated heterocycles. The minimum Gasteiger partial charge on any atom is -0.309 e. The smallest absolute Gasteiger partial charge is 0.181 e. The molecule has 4 heterocycles. The summed E-state index contributed by atoms with van der Waals surface area (Å²) in [6.07, 6.45) is 3.22. The quantitative estimate of drug-likeness (QED) is 0.176. The Kier molecular flexibility index (Phi) is 5.29. The van der Waals surface area contributed by atoms with Crippen molar-refractivity contribution in [1.29, 1.82) is 0 Å². The number of rotatable bonds is 2. The highest BCUT2D eigenvalue weighted by Crippen LogP contribution is 2.53. The van der Waals surface area contributed by atoms with Crippen molar-refractivity contribution in [3.8, 4) is 27.9 Å². The van der Waals surface area contributed by atoms with E-state index in [1.807, 2.05) is 22.6 Å². The summed E-state index contributed by atoms with van der Waals surface area (Å²) in [6.45, 7) is 4.67. The minimum atomic E-state index is -0.319. The lowest BCUT2D eigenvalue weighted by molar-refractivity contribution is 0.640. The molecule has 50 heavy (non-hydrogen) atoms. The molecule has 0 N–H and O–H groups in total. The van der Waals surface area contributed by atoms with Crippen LogP contribution in [-0.2, 0) is 5.41 Å². The first-order valence-corrected chi connectivity index (χ1v) is 16.9. The summed E-state index contributed by atoms with van der Waals surface area (Å²) in [5, 5.41) is 4.62. The number of pyridine rings is 1. The van der Waals surface area contributed by atoms with Gasteiger partial charge in [-0.3, -0.25) is 4.40 Å². The second-order valence-corrected chi connectivity index (χ2v) is 13.9. The first-order chi connectivity index (χ1) is 24.5. The van der Waals surface area contributed by atoms with Gasteiger partial charge in [0.05, 0.1) is 28.1 Å². The Morgan fingerprint density at radius 2 is 1.40 bits per heavy atom. The van der Waals surface area contributed by atoms with Gasteiger partial charge in [-0.2, -0.15) is 0 Å². The van der Waals surface area contributed by atoms with Gasteiger partial charge in [0.15, 0.2) is 11.3 Å². The Balaban J connectivity index is 1.23. The number of hydrogen-bond donors (Lipinski definition) is 0. The highest BCUT2D eigenvalue weighted by atomic mass is 19.1. The number of hydrogen-bond acceptors (Lipinski definition) is 3. The Morgan fingerprint density at radius 3 is 2.30 bits per heavy atom. The molecule has 236 valence electrons. The summed E-state index contributed by atoms with van der Waals surface area (Å²) in [6, 6.07) is 42.3. The fraction of sp³-hybridized carbons (Fsp3) is 0.0682. The summed E-state index contributed by atoms with van der Waals surface area (Å²) < 4.78 is 21.0. The molecule has 1 aliphatic carbocycles. The van der Waals surface area contributed by atoms with Crippen molar-refractivity contribution in [2.75, 3.05) is 0 Å². The van der Waals surface area contributed by atoms with E-state index in [4.69, 9.17) is 4.98 Å². The number of halogens is 1. The van der Waals surface area contributed by atoms with Crippen LogP contribution < -0.4 is 0 Å². The lowest BCUT2D eigenvalue weighted by Crippen LogP contribution is -2.15. The molecule has 0 radical (unpaired) electrons. The van der Waals surface area contributed by atoms with Crippen LogP contribution in [0.5, 0.6) is 0 Å². The van der Waals surface area contributed by atoms with E-state index in [1.165, 1.54) is 34.0 Å². The van der Waals surface area contributed by atoms with Crippen molar-refractivity contribution in [2.45, 2.75) is 19.3 Å². The monoisotopic (exact) mass is 645 g/mol. The zero-order chi connectivity index (χ0) is 33.3. The van der Waals surface area contributed by atoms with E-state index in [1.54, 1.807) is 12.3 Å². The summed E-state index contributed by atoms with van der Waals surface area (Å²) in [4.78, 5) is 13.4. The Hall–Kier alpha value is -6.40. The van der Waals surface area contributed by atoms with Crippen LogP contribution in [0, 0.1) is 5.82 Å². The highest BCUT2D eigenvalue weighted by Gasteiger charge is 2.38. The molecule has 0 aliphatic heterocycles. The maximum Gasteiger partial charge on any atom is 0.181 e. The average Bonchev–Trinajstić information content (AvgIpc) is 3.77. The normalized spacial score (nSPS) is 13.7. The van der Waals surface area contributed by atoms with Gasteiger partial charge >= 0.3 is 0 Å². The number of benzene rings is 6. The van der Waals surface area contributed by atoms with Crippen molar-refractivity contribution in [3.05, 3.63) is 151 Å². The van der Waals surface area contributed by atoms with Crippen LogP contribution in [0.2, 0.25) is 0 Å². The van der Waals surface area contributed by atoms with Crippen LogP contribution in [0.4, 0.5) is 4.39 Å². The molecule has 0 amide bonds. The van der Waals surface area contributed by atoms with E-state index in [-0.39, 0.29) is 11.2 Å². The summed E-state index contributed by atoms with van der Waals surface area (Å²) >= 11 is 0. The van der Waals surface area contributed by atoms with Crippen LogP contribution in [0.25, 0.3) is 88.2 Å². The molecule has 0 saturated carbocycles. The zero-order valence-corrected chi connectivity index (χ0v) is 27.3. The van der Waals surface area contributed by atoms with Crippen LogP contribution in [0.3, 0.4) is 0 Å².